The first-order chi connectivity index (χ1) is 4.83. The molecule has 1 fully saturated rings. The van der Waals surface area contributed by atoms with Crippen molar-refractivity contribution in [1.82, 2.24) is 5.32 Å². The zero-order valence-corrected chi connectivity index (χ0v) is 6.43. The molecule has 1 aliphatic rings. The third-order valence-electron chi connectivity index (χ3n) is 1.99. The summed E-state index contributed by atoms with van der Waals surface area (Å²) in [6.07, 6.45) is 6.33. The van der Waals surface area contributed by atoms with Gasteiger partial charge in [-0.3, -0.25) is 0 Å². The molecule has 0 unspecified atom stereocenters. The molecule has 0 radical (unpaired) electrons. The lowest BCUT2D eigenvalue weighted by molar-refractivity contribution is 0.234. The van der Waals surface area contributed by atoms with Crippen LogP contribution in [0.4, 0.5) is 0 Å². The summed E-state index contributed by atoms with van der Waals surface area (Å²) in [6, 6.07) is 0. The molecule has 0 aromatic heterocycles. The molecule has 0 amide bonds. The van der Waals surface area contributed by atoms with Crippen molar-refractivity contribution in [3.05, 3.63) is 12.2 Å². The predicted molar refractivity (Wildman–Crippen MR) is 41.9 cm³/mol. The number of aliphatic hydroxyl groups excluding tert-OH is 1. The average Bonchev–Trinajstić information content (AvgIpc) is 2.70. The molecule has 0 aromatic rings. The maximum Gasteiger partial charge on any atom is 0.0613 e. The highest BCUT2D eigenvalue weighted by atomic mass is 16.3. The highest BCUT2D eigenvalue weighted by molar-refractivity contribution is 5.02. The average molecular weight is 141 g/mol. The largest absolute Gasteiger partial charge is 0.394 e. The molecule has 2 nitrogen and oxygen atoms in total. The fourth-order valence-corrected chi connectivity index (χ4v) is 0.935. The van der Waals surface area contributed by atoms with Crippen LogP contribution in [0.1, 0.15) is 19.8 Å². The molecule has 2 N–H and O–H groups in total. The van der Waals surface area contributed by atoms with Gasteiger partial charge >= 0.3 is 0 Å². The van der Waals surface area contributed by atoms with Gasteiger partial charge in [0.2, 0.25) is 0 Å². The van der Waals surface area contributed by atoms with Crippen molar-refractivity contribution >= 4 is 0 Å². The normalized spacial score (nSPS) is 21.8. The number of allylic oxidation sites excluding steroid dienone is 1. The summed E-state index contributed by atoms with van der Waals surface area (Å²) < 4.78 is 0. The van der Waals surface area contributed by atoms with Crippen LogP contribution in [0, 0.1) is 0 Å². The minimum Gasteiger partial charge on any atom is -0.394 e. The van der Waals surface area contributed by atoms with Crippen LogP contribution in [-0.4, -0.2) is 23.8 Å². The Morgan fingerprint density at radius 3 is 2.70 bits per heavy atom. The van der Waals surface area contributed by atoms with Gasteiger partial charge in [-0.2, -0.15) is 0 Å². The van der Waals surface area contributed by atoms with Crippen LogP contribution in [0.2, 0.25) is 0 Å². The van der Waals surface area contributed by atoms with Crippen LogP contribution in [0.5, 0.6) is 0 Å². The first-order valence-electron chi connectivity index (χ1n) is 3.80. The standard InChI is InChI=1S/C8H15NO/c1-2-3-6-9-8(7-10)4-5-8/h2-3,9-10H,4-7H2,1H3/b3-2+. The van der Waals surface area contributed by atoms with Gasteiger partial charge in [0.1, 0.15) is 0 Å². The minimum absolute atomic E-state index is 0.0967. The highest BCUT2D eigenvalue weighted by Crippen LogP contribution is 2.34. The van der Waals surface area contributed by atoms with Gasteiger partial charge in [0.05, 0.1) is 6.61 Å². The van der Waals surface area contributed by atoms with Crippen LogP contribution in [0.25, 0.3) is 0 Å². The van der Waals surface area contributed by atoms with Crippen LogP contribution in [-0.2, 0) is 0 Å². The molecule has 0 saturated heterocycles. The van der Waals surface area contributed by atoms with Crippen molar-refractivity contribution in [2.24, 2.45) is 0 Å². The Bertz CT molecular complexity index is 127. The molecule has 0 bridgehead atoms. The van der Waals surface area contributed by atoms with Gasteiger partial charge in [0, 0.05) is 12.1 Å². The van der Waals surface area contributed by atoms with Crippen molar-refractivity contribution in [1.29, 1.82) is 0 Å². The van der Waals surface area contributed by atoms with Crippen LogP contribution in [0.3, 0.4) is 0 Å². The second-order valence-corrected chi connectivity index (χ2v) is 2.89. The molecular weight excluding hydrogens is 126 g/mol. The van der Waals surface area contributed by atoms with E-state index in [1.54, 1.807) is 0 Å². The monoisotopic (exact) mass is 141 g/mol. The Balaban J connectivity index is 2.12. The SMILES string of the molecule is C/C=C/CNC1(CO)CC1. The van der Waals surface area contributed by atoms with E-state index in [2.05, 4.69) is 11.4 Å². The van der Waals surface area contributed by atoms with E-state index in [0.29, 0.717) is 0 Å². The predicted octanol–water partition coefficient (Wildman–Crippen LogP) is 0.677. The molecule has 1 aliphatic carbocycles. The minimum atomic E-state index is 0.0967. The number of aliphatic hydroxyl groups is 1. The highest BCUT2D eigenvalue weighted by Gasteiger charge is 2.40. The maximum atomic E-state index is 8.87. The topological polar surface area (TPSA) is 32.3 Å². The summed E-state index contributed by atoms with van der Waals surface area (Å²) in [4.78, 5) is 0. The summed E-state index contributed by atoms with van der Waals surface area (Å²) in [6.45, 7) is 3.17. The van der Waals surface area contributed by atoms with Gasteiger partial charge in [-0.05, 0) is 19.8 Å². The summed E-state index contributed by atoms with van der Waals surface area (Å²) in [5.74, 6) is 0. The van der Waals surface area contributed by atoms with Crippen molar-refractivity contribution in [3.8, 4) is 0 Å². The smallest absolute Gasteiger partial charge is 0.0613 e. The fourth-order valence-electron chi connectivity index (χ4n) is 0.935. The Kier molecular flexibility index (Phi) is 2.46. The van der Waals surface area contributed by atoms with Gasteiger partial charge in [-0.1, -0.05) is 12.2 Å². The number of rotatable bonds is 4. The summed E-state index contributed by atoms with van der Waals surface area (Å²) in [5, 5.41) is 12.2. The van der Waals surface area contributed by atoms with Crippen molar-refractivity contribution in [2.45, 2.75) is 25.3 Å². The molecule has 10 heavy (non-hydrogen) atoms. The van der Waals surface area contributed by atoms with E-state index in [0.717, 1.165) is 19.4 Å². The number of nitrogens with one attached hydrogen (secondary N) is 1. The molecular formula is C8H15NO. The fraction of sp³-hybridized carbons (Fsp3) is 0.750. The van der Waals surface area contributed by atoms with Gasteiger partial charge in [0.15, 0.2) is 0 Å². The van der Waals surface area contributed by atoms with E-state index in [-0.39, 0.29) is 12.1 Å². The Morgan fingerprint density at radius 2 is 2.30 bits per heavy atom. The maximum absolute atomic E-state index is 8.87. The van der Waals surface area contributed by atoms with Crippen LogP contribution >= 0.6 is 0 Å². The van der Waals surface area contributed by atoms with Gasteiger partial charge in [-0.15, -0.1) is 0 Å². The third-order valence-corrected chi connectivity index (χ3v) is 1.99. The van der Waals surface area contributed by atoms with E-state index in [1.807, 2.05) is 13.0 Å². The van der Waals surface area contributed by atoms with E-state index >= 15 is 0 Å². The van der Waals surface area contributed by atoms with Crippen molar-refractivity contribution in [3.63, 3.8) is 0 Å². The third kappa shape index (κ3) is 1.82. The lowest BCUT2D eigenvalue weighted by Crippen LogP contribution is -2.34. The Morgan fingerprint density at radius 1 is 1.60 bits per heavy atom. The zero-order valence-electron chi connectivity index (χ0n) is 6.43. The zero-order chi connectivity index (χ0) is 7.45. The molecule has 0 heterocycles. The molecule has 1 rings (SSSR count). The summed E-state index contributed by atoms with van der Waals surface area (Å²) in [5.41, 5.74) is 0.0967. The second-order valence-electron chi connectivity index (χ2n) is 2.89. The molecule has 0 spiro atoms. The van der Waals surface area contributed by atoms with E-state index < -0.39 is 0 Å². The summed E-state index contributed by atoms with van der Waals surface area (Å²) in [7, 11) is 0. The van der Waals surface area contributed by atoms with E-state index in [1.165, 1.54) is 0 Å². The molecule has 0 aromatic carbocycles. The van der Waals surface area contributed by atoms with E-state index in [9.17, 15) is 0 Å². The molecule has 58 valence electrons. The lowest BCUT2D eigenvalue weighted by atomic mass is 10.3. The first-order valence-corrected chi connectivity index (χ1v) is 3.80. The molecule has 0 aliphatic heterocycles. The van der Waals surface area contributed by atoms with Crippen LogP contribution in [0.15, 0.2) is 12.2 Å². The van der Waals surface area contributed by atoms with Crippen LogP contribution < -0.4 is 5.32 Å². The van der Waals surface area contributed by atoms with Gasteiger partial charge in [0.25, 0.3) is 0 Å². The number of hydrogen-bond acceptors (Lipinski definition) is 2. The first kappa shape index (κ1) is 7.76. The van der Waals surface area contributed by atoms with Crippen molar-refractivity contribution < 1.29 is 5.11 Å². The Hall–Kier alpha value is -0.340. The molecule has 1 saturated carbocycles. The van der Waals surface area contributed by atoms with E-state index in [4.69, 9.17) is 5.11 Å². The summed E-state index contributed by atoms with van der Waals surface area (Å²) >= 11 is 0. The second kappa shape index (κ2) is 3.17. The van der Waals surface area contributed by atoms with Crippen molar-refractivity contribution in [2.75, 3.05) is 13.2 Å². The Labute approximate surface area is 61.9 Å². The number of hydrogen-bond donors (Lipinski definition) is 2. The van der Waals surface area contributed by atoms with Gasteiger partial charge in [-0.25, -0.2) is 0 Å². The quantitative estimate of drug-likeness (QED) is 0.564. The molecule has 2 heteroatoms. The lowest BCUT2D eigenvalue weighted by Gasteiger charge is -2.11. The van der Waals surface area contributed by atoms with Gasteiger partial charge < -0.3 is 10.4 Å². The molecule has 0 atom stereocenters.